The summed E-state index contributed by atoms with van der Waals surface area (Å²) < 4.78 is 0. The fraction of sp³-hybridized carbons (Fsp3) is 0.174. The first-order chi connectivity index (χ1) is 14.7. The molecule has 0 saturated carbocycles. The minimum absolute atomic E-state index is 0.182. The predicted molar refractivity (Wildman–Crippen MR) is 119 cm³/mol. The van der Waals surface area contributed by atoms with E-state index >= 15 is 0 Å². The number of hydrogen-bond donors (Lipinski definition) is 2. The van der Waals surface area contributed by atoms with Crippen LogP contribution in [0.3, 0.4) is 0 Å². The largest absolute Gasteiger partial charge is 0.294 e. The molecule has 0 atom stereocenters. The van der Waals surface area contributed by atoms with E-state index in [1.54, 1.807) is 35.6 Å². The second-order valence-corrected chi connectivity index (χ2v) is 8.45. The number of aromatic nitrogens is 2. The van der Waals surface area contributed by atoms with Gasteiger partial charge in [0.25, 0.3) is 11.5 Å². The molecule has 0 radical (unpaired) electrons. The molecule has 0 saturated heterocycles. The number of thiophene rings is 1. The van der Waals surface area contributed by atoms with Gasteiger partial charge in [-0.25, -0.2) is 4.98 Å². The van der Waals surface area contributed by atoms with Crippen LogP contribution in [0, 0.1) is 0 Å². The zero-order valence-corrected chi connectivity index (χ0v) is 17.0. The Balaban J connectivity index is 1.40. The average molecular weight is 417 g/mol. The van der Waals surface area contributed by atoms with Crippen LogP contribution in [0.2, 0.25) is 0 Å². The van der Waals surface area contributed by atoms with Gasteiger partial charge in [0.2, 0.25) is 5.95 Å². The molecule has 2 aromatic carbocycles. The molecule has 6 nitrogen and oxygen atoms in total. The van der Waals surface area contributed by atoms with Crippen LogP contribution in [-0.2, 0) is 19.5 Å². The minimum atomic E-state index is -0.298. The molecule has 7 heteroatoms. The van der Waals surface area contributed by atoms with Gasteiger partial charge in [-0.3, -0.25) is 24.8 Å². The summed E-state index contributed by atoms with van der Waals surface area (Å²) in [5, 5.41) is 3.36. The maximum atomic E-state index is 12.8. The lowest BCUT2D eigenvalue weighted by Gasteiger charge is -2.26. The highest BCUT2D eigenvalue weighted by Crippen LogP contribution is 2.33. The molecule has 2 N–H and O–H groups in total. The molecule has 0 bridgehead atoms. The molecular formula is C23H20N4O2S. The molecule has 0 spiro atoms. The van der Waals surface area contributed by atoms with Gasteiger partial charge < -0.3 is 0 Å². The van der Waals surface area contributed by atoms with Crippen LogP contribution in [0.25, 0.3) is 10.2 Å². The van der Waals surface area contributed by atoms with Crippen molar-refractivity contribution < 1.29 is 4.79 Å². The van der Waals surface area contributed by atoms with Crippen LogP contribution >= 0.6 is 11.3 Å². The van der Waals surface area contributed by atoms with Gasteiger partial charge in [-0.05, 0) is 29.7 Å². The number of carbonyl (C=O) groups is 1. The summed E-state index contributed by atoms with van der Waals surface area (Å²) in [4.78, 5) is 36.7. The molecule has 30 heavy (non-hydrogen) atoms. The number of anilines is 1. The van der Waals surface area contributed by atoms with E-state index in [1.165, 1.54) is 10.4 Å². The molecule has 5 rings (SSSR count). The van der Waals surface area contributed by atoms with Crippen LogP contribution < -0.4 is 10.9 Å². The van der Waals surface area contributed by atoms with Gasteiger partial charge in [0.15, 0.2) is 0 Å². The first-order valence-electron chi connectivity index (χ1n) is 9.84. The van der Waals surface area contributed by atoms with Crippen molar-refractivity contribution in [1.82, 2.24) is 14.9 Å². The zero-order valence-electron chi connectivity index (χ0n) is 16.2. The Bertz CT molecular complexity index is 1270. The summed E-state index contributed by atoms with van der Waals surface area (Å²) in [5.74, 6) is -0.116. The highest BCUT2D eigenvalue weighted by molar-refractivity contribution is 7.18. The maximum Gasteiger partial charge on any atom is 0.261 e. The number of nitrogens with one attached hydrogen (secondary N) is 2. The third kappa shape index (κ3) is 3.65. The number of carbonyl (C=O) groups excluding carboxylic acids is 1. The predicted octanol–water partition coefficient (Wildman–Crippen LogP) is 3.80. The molecule has 4 aromatic rings. The molecule has 2 aromatic heterocycles. The van der Waals surface area contributed by atoms with Gasteiger partial charge in [0.1, 0.15) is 4.83 Å². The lowest BCUT2D eigenvalue weighted by atomic mass is 10.0. The quantitative estimate of drug-likeness (QED) is 0.531. The Kier molecular flexibility index (Phi) is 4.90. The molecule has 1 aliphatic rings. The molecule has 1 amide bonds. The molecule has 1 aliphatic heterocycles. The SMILES string of the molecule is O=C(Nc1nc2sc3c(c2c(=O)[nH]1)CCN(Cc1ccccc1)C3)c1ccccc1. The highest BCUT2D eigenvalue weighted by Gasteiger charge is 2.24. The number of fused-ring (bicyclic) bond motifs is 3. The van der Waals surface area contributed by atoms with E-state index in [1.807, 2.05) is 12.1 Å². The third-order valence-electron chi connectivity index (χ3n) is 5.31. The number of hydrogen-bond acceptors (Lipinski definition) is 5. The lowest BCUT2D eigenvalue weighted by Crippen LogP contribution is -2.29. The van der Waals surface area contributed by atoms with Crippen LogP contribution in [0.4, 0.5) is 5.95 Å². The van der Waals surface area contributed by atoms with Gasteiger partial charge in [0.05, 0.1) is 5.39 Å². The van der Waals surface area contributed by atoms with Crippen LogP contribution in [0.1, 0.15) is 26.4 Å². The summed E-state index contributed by atoms with van der Waals surface area (Å²) in [5.41, 5.74) is 2.69. The lowest BCUT2D eigenvalue weighted by molar-refractivity contribution is 0.102. The maximum absolute atomic E-state index is 12.8. The number of nitrogens with zero attached hydrogens (tertiary/aromatic N) is 2. The molecule has 3 heterocycles. The van der Waals surface area contributed by atoms with Crippen molar-refractivity contribution >= 4 is 33.4 Å². The Morgan fingerprint density at radius 1 is 1.10 bits per heavy atom. The second-order valence-electron chi connectivity index (χ2n) is 7.36. The zero-order chi connectivity index (χ0) is 20.5. The Morgan fingerprint density at radius 3 is 2.60 bits per heavy atom. The number of amides is 1. The fourth-order valence-corrected chi connectivity index (χ4v) is 5.12. The van der Waals surface area contributed by atoms with Crippen molar-refractivity contribution in [3.63, 3.8) is 0 Å². The van der Waals surface area contributed by atoms with Gasteiger partial charge in [-0.15, -0.1) is 11.3 Å². The molecule has 0 fully saturated rings. The summed E-state index contributed by atoms with van der Waals surface area (Å²) in [7, 11) is 0. The van der Waals surface area contributed by atoms with Gasteiger partial charge in [0, 0.05) is 30.1 Å². The van der Waals surface area contributed by atoms with Crippen LogP contribution in [0.15, 0.2) is 65.5 Å². The number of benzene rings is 2. The van der Waals surface area contributed by atoms with Gasteiger partial charge >= 0.3 is 0 Å². The number of aromatic amines is 1. The fourth-order valence-electron chi connectivity index (χ4n) is 3.86. The molecule has 0 unspecified atom stereocenters. The van der Waals surface area contributed by atoms with E-state index in [9.17, 15) is 9.59 Å². The van der Waals surface area contributed by atoms with Gasteiger partial charge in [-0.1, -0.05) is 48.5 Å². The van der Waals surface area contributed by atoms with E-state index < -0.39 is 0 Å². The topological polar surface area (TPSA) is 78.1 Å². The summed E-state index contributed by atoms with van der Waals surface area (Å²) >= 11 is 1.54. The number of H-pyrrole nitrogens is 1. The average Bonchev–Trinajstić information content (AvgIpc) is 3.13. The van der Waals surface area contributed by atoms with E-state index in [4.69, 9.17) is 0 Å². The molecular weight excluding hydrogens is 396 g/mol. The van der Waals surface area contributed by atoms with Crippen LogP contribution in [-0.4, -0.2) is 27.3 Å². The van der Waals surface area contributed by atoms with E-state index in [0.29, 0.717) is 15.8 Å². The minimum Gasteiger partial charge on any atom is -0.294 e. The first-order valence-corrected chi connectivity index (χ1v) is 10.7. The summed E-state index contributed by atoms with van der Waals surface area (Å²) in [6, 6.07) is 19.3. The van der Waals surface area contributed by atoms with E-state index in [2.05, 4.69) is 44.5 Å². The third-order valence-corrected chi connectivity index (χ3v) is 6.42. The standard InChI is InChI=1S/C23H20N4O2S/c28-20(16-9-5-2-6-10-16)24-23-25-21(29)19-17-11-12-27(13-15-7-3-1-4-8-15)14-18(17)30-22(19)26-23/h1-10H,11-14H2,(H2,24,25,26,28,29). The highest BCUT2D eigenvalue weighted by atomic mass is 32.1. The van der Waals surface area contributed by atoms with Crippen molar-refractivity contribution in [2.45, 2.75) is 19.5 Å². The summed E-state index contributed by atoms with van der Waals surface area (Å²) in [6.45, 7) is 2.59. The van der Waals surface area contributed by atoms with Crippen molar-refractivity contribution in [3.05, 3.63) is 92.6 Å². The first kappa shape index (κ1) is 18.7. The molecule has 0 aliphatic carbocycles. The van der Waals surface area contributed by atoms with E-state index in [0.717, 1.165) is 31.6 Å². The smallest absolute Gasteiger partial charge is 0.261 e. The van der Waals surface area contributed by atoms with Crippen molar-refractivity contribution in [3.8, 4) is 0 Å². The van der Waals surface area contributed by atoms with Crippen molar-refractivity contribution in [1.29, 1.82) is 0 Å². The second kappa shape index (κ2) is 7.85. The van der Waals surface area contributed by atoms with Gasteiger partial charge in [-0.2, -0.15) is 0 Å². The van der Waals surface area contributed by atoms with Crippen molar-refractivity contribution in [2.75, 3.05) is 11.9 Å². The Morgan fingerprint density at radius 2 is 1.83 bits per heavy atom. The molecule has 150 valence electrons. The summed E-state index contributed by atoms with van der Waals surface area (Å²) in [6.07, 6.45) is 0.822. The normalized spacial score (nSPS) is 13.9. The Hall–Kier alpha value is -3.29. The monoisotopic (exact) mass is 416 g/mol. The number of rotatable bonds is 4. The van der Waals surface area contributed by atoms with Crippen molar-refractivity contribution in [2.24, 2.45) is 0 Å². The Labute approximate surface area is 177 Å². The van der Waals surface area contributed by atoms with Crippen LogP contribution in [0.5, 0.6) is 0 Å². The van der Waals surface area contributed by atoms with E-state index in [-0.39, 0.29) is 17.4 Å².